The Bertz CT molecular complexity index is 4000. The predicted molar refractivity (Wildman–Crippen MR) is 297 cm³/mol. The lowest BCUT2D eigenvalue weighted by Gasteiger charge is -2.30. The number of hydrogen-bond donors (Lipinski definition) is 0. The maximum absolute atomic E-state index is 6.32. The van der Waals surface area contributed by atoms with Crippen LogP contribution in [0.4, 0.5) is 17.1 Å². The highest BCUT2D eigenvalue weighted by molar-refractivity contribution is 6.06. The zero-order valence-corrected chi connectivity index (χ0v) is 41.1. The van der Waals surface area contributed by atoms with Gasteiger partial charge in [0, 0.05) is 44.1 Å². The monoisotopic (exact) mass is 911 g/mol. The van der Waals surface area contributed by atoms with Crippen LogP contribution in [0.3, 0.4) is 0 Å². The third-order valence-electron chi connectivity index (χ3n) is 16.7. The normalized spacial score (nSPS) is 15.0. The van der Waals surface area contributed by atoms with Gasteiger partial charge in [-0.05, 0) is 173 Å². The number of fused-ring (bicyclic) bond motifs is 12. The molecule has 71 heavy (non-hydrogen) atoms. The first-order chi connectivity index (χ1) is 34.4. The van der Waals surface area contributed by atoms with Crippen molar-refractivity contribution in [3.63, 3.8) is 0 Å². The first kappa shape index (κ1) is 41.7. The molecule has 1 aromatic heterocycles. The zero-order valence-electron chi connectivity index (χ0n) is 41.1. The van der Waals surface area contributed by atoms with Gasteiger partial charge < -0.3 is 9.32 Å². The lowest BCUT2D eigenvalue weighted by molar-refractivity contribution is 0.652. The van der Waals surface area contributed by atoms with Gasteiger partial charge in [0.25, 0.3) is 0 Å². The molecule has 0 atom stereocenters. The quantitative estimate of drug-likeness (QED) is 0.165. The minimum absolute atomic E-state index is 0.122. The van der Waals surface area contributed by atoms with Crippen LogP contribution >= 0.6 is 0 Å². The first-order valence-electron chi connectivity index (χ1n) is 25.1. The van der Waals surface area contributed by atoms with Crippen molar-refractivity contribution in [2.45, 2.75) is 57.8 Å². The zero-order chi connectivity index (χ0) is 48.0. The fourth-order valence-corrected chi connectivity index (χ4v) is 12.7. The summed E-state index contributed by atoms with van der Waals surface area (Å²) in [6, 6.07) is 79.1. The topological polar surface area (TPSA) is 16.4 Å². The SMILES string of the molecule is CC1(C)c2ccccc2-c2ccc(N(c3ccc(-c4ccc(-c5ccccc5)cc4)cc3)c3ccc4c(c3)C(C)(C)c3cc5c(cc3-4)C(C)(C)c3cc(-c4ccc6c(c4)oc4ccccc46)ccc3-5)cc21. The molecular formula is C69H53NO. The molecule has 0 N–H and O–H groups in total. The van der Waals surface area contributed by atoms with E-state index in [1.807, 2.05) is 6.07 Å². The van der Waals surface area contributed by atoms with Gasteiger partial charge in [-0.15, -0.1) is 0 Å². The summed E-state index contributed by atoms with van der Waals surface area (Å²) in [7, 11) is 0. The second-order valence-corrected chi connectivity index (χ2v) is 21.7. The summed E-state index contributed by atoms with van der Waals surface area (Å²) >= 11 is 0. The minimum Gasteiger partial charge on any atom is -0.456 e. The lowest BCUT2D eigenvalue weighted by atomic mass is 9.79. The van der Waals surface area contributed by atoms with Crippen molar-refractivity contribution in [1.82, 2.24) is 0 Å². The van der Waals surface area contributed by atoms with Crippen LogP contribution in [0.2, 0.25) is 0 Å². The number of nitrogens with zero attached hydrogens (tertiary/aromatic N) is 1. The van der Waals surface area contributed by atoms with Crippen LogP contribution in [0.5, 0.6) is 0 Å². The van der Waals surface area contributed by atoms with Crippen molar-refractivity contribution >= 4 is 39.0 Å². The molecule has 0 amide bonds. The smallest absolute Gasteiger partial charge is 0.136 e. The van der Waals surface area contributed by atoms with Gasteiger partial charge in [-0.2, -0.15) is 0 Å². The van der Waals surface area contributed by atoms with E-state index in [9.17, 15) is 0 Å². The van der Waals surface area contributed by atoms with E-state index in [-0.39, 0.29) is 16.2 Å². The van der Waals surface area contributed by atoms with Crippen molar-refractivity contribution < 1.29 is 4.42 Å². The van der Waals surface area contributed by atoms with Crippen LogP contribution in [-0.2, 0) is 16.2 Å². The highest BCUT2D eigenvalue weighted by Crippen LogP contribution is 2.58. The molecule has 3 aliphatic rings. The van der Waals surface area contributed by atoms with Crippen LogP contribution < -0.4 is 4.90 Å². The third kappa shape index (κ3) is 6.13. The second-order valence-electron chi connectivity index (χ2n) is 21.7. The largest absolute Gasteiger partial charge is 0.456 e. The highest BCUT2D eigenvalue weighted by atomic mass is 16.3. The molecule has 0 radical (unpaired) electrons. The van der Waals surface area contributed by atoms with Crippen molar-refractivity contribution in [3.05, 3.63) is 246 Å². The molecule has 0 bridgehead atoms. The minimum atomic E-state index is -0.229. The molecular weight excluding hydrogens is 859 g/mol. The summed E-state index contributed by atoms with van der Waals surface area (Å²) < 4.78 is 6.32. The van der Waals surface area contributed by atoms with Crippen LogP contribution in [-0.4, -0.2) is 0 Å². The second kappa shape index (κ2) is 14.9. The van der Waals surface area contributed by atoms with Gasteiger partial charge in [0.05, 0.1) is 0 Å². The molecule has 0 aliphatic heterocycles. The van der Waals surface area contributed by atoms with Crippen molar-refractivity contribution in [2.75, 3.05) is 4.90 Å². The van der Waals surface area contributed by atoms with E-state index < -0.39 is 0 Å². The van der Waals surface area contributed by atoms with E-state index in [4.69, 9.17) is 4.42 Å². The van der Waals surface area contributed by atoms with Crippen LogP contribution in [0, 0.1) is 0 Å². The third-order valence-corrected chi connectivity index (χ3v) is 16.7. The van der Waals surface area contributed by atoms with E-state index in [2.05, 4.69) is 253 Å². The molecule has 0 saturated carbocycles. The van der Waals surface area contributed by atoms with Crippen molar-refractivity contribution in [1.29, 1.82) is 0 Å². The first-order valence-corrected chi connectivity index (χ1v) is 25.1. The van der Waals surface area contributed by atoms with Gasteiger partial charge in [-0.3, -0.25) is 0 Å². The van der Waals surface area contributed by atoms with E-state index in [1.54, 1.807) is 0 Å². The number of anilines is 3. The molecule has 0 saturated heterocycles. The van der Waals surface area contributed by atoms with Crippen LogP contribution in [0.25, 0.3) is 88.7 Å². The van der Waals surface area contributed by atoms with E-state index in [1.165, 1.54) is 100 Å². The number of furan rings is 1. The number of rotatable bonds is 6. The van der Waals surface area contributed by atoms with Gasteiger partial charge in [0.2, 0.25) is 0 Å². The molecule has 0 spiro atoms. The molecule has 14 rings (SSSR count). The molecule has 0 unspecified atom stereocenters. The molecule has 1 heterocycles. The van der Waals surface area contributed by atoms with Gasteiger partial charge in [-0.1, -0.05) is 181 Å². The molecule has 3 aliphatic carbocycles. The standard InChI is InChI=1S/C69H53NO/c1-67(2)59-18-12-10-16-51(59)52-34-30-49(38-61(52)67)70(48-28-24-45(25-29-48)44-22-20-43(21-23-44)42-14-8-7-9-15-42)50-31-35-54-58-41-63-57(40-64(58)69(5,6)62(54)39-50)53-32-26-46(36-60(53)68(63,3)4)47-27-33-56-55-17-11-13-19-65(55)71-66(56)37-47/h7-41H,1-6H3. The summed E-state index contributed by atoms with van der Waals surface area (Å²) in [5.41, 5.74) is 28.3. The summed E-state index contributed by atoms with van der Waals surface area (Å²) in [5, 5.41) is 2.32. The Morgan fingerprint density at radius 1 is 0.268 bits per heavy atom. The summed E-state index contributed by atoms with van der Waals surface area (Å²) in [6.07, 6.45) is 0. The highest BCUT2D eigenvalue weighted by Gasteiger charge is 2.42. The summed E-state index contributed by atoms with van der Waals surface area (Å²) in [6.45, 7) is 14.4. The Labute approximate surface area is 416 Å². The number of benzene rings is 10. The van der Waals surface area contributed by atoms with E-state index in [0.717, 1.165) is 39.0 Å². The van der Waals surface area contributed by atoms with Gasteiger partial charge in [-0.25, -0.2) is 0 Å². The van der Waals surface area contributed by atoms with Crippen molar-refractivity contribution in [2.24, 2.45) is 0 Å². The van der Waals surface area contributed by atoms with Gasteiger partial charge in [0.1, 0.15) is 11.2 Å². The average Bonchev–Trinajstić information content (AvgIpc) is 4.04. The van der Waals surface area contributed by atoms with Crippen molar-refractivity contribution in [3.8, 4) is 66.8 Å². The molecule has 2 heteroatoms. The lowest BCUT2D eigenvalue weighted by Crippen LogP contribution is -2.18. The van der Waals surface area contributed by atoms with Gasteiger partial charge >= 0.3 is 0 Å². The average molecular weight is 912 g/mol. The summed E-state index contributed by atoms with van der Waals surface area (Å²) in [4.78, 5) is 2.48. The fourth-order valence-electron chi connectivity index (χ4n) is 12.7. The van der Waals surface area contributed by atoms with E-state index in [0.29, 0.717) is 0 Å². The van der Waals surface area contributed by atoms with Crippen LogP contribution in [0.1, 0.15) is 74.9 Å². The predicted octanol–water partition coefficient (Wildman–Crippen LogP) is 19.0. The molecule has 340 valence electrons. The molecule has 2 nitrogen and oxygen atoms in total. The Balaban J connectivity index is 0.843. The molecule has 0 fully saturated rings. The maximum atomic E-state index is 6.32. The molecule has 11 aromatic rings. The Morgan fingerprint density at radius 2 is 0.676 bits per heavy atom. The number of para-hydroxylation sites is 1. The Kier molecular flexibility index (Phi) is 8.76. The molecule has 10 aromatic carbocycles. The van der Waals surface area contributed by atoms with E-state index >= 15 is 0 Å². The Hall–Kier alpha value is -8.20. The van der Waals surface area contributed by atoms with Crippen LogP contribution in [0.15, 0.2) is 217 Å². The maximum Gasteiger partial charge on any atom is 0.136 e. The van der Waals surface area contributed by atoms with Gasteiger partial charge in [0.15, 0.2) is 0 Å². The summed E-state index contributed by atoms with van der Waals surface area (Å²) in [5.74, 6) is 0. The fraction of sp³-hybridized carbons (Fsp3) is 0.130. The Morgan fingerprint density at radius 3 is 1.32 bits per heavy atom. The number of hydrogen-bond acceptors (Lipinski definition) is 2.